The molecule has 0 aromatic carbocycles. The van der Waals surface area contributed by atoms with Crippen LogP contribution in [0, 0.1) is 0 Å². The predicted octanol–water partition coefficient (Wildman–Crippen LogP) is 1.77. The van der Waals surface area contributed by atoms with Gasteiger partial charge in [-0.25, -0.2) is 9.78 Å². The minimum Gasteiger partial charge on any atom is -0.422 e. The lowest BCUT2D eigenvalue weighted by Gasteiger charge is -1.93. The van der Waals surface area contributed by atoms with E-state index >= 15 is 0 Å². The van der Waals surface area contributed by atoms with Gasteiger partial charge in [-0.15, -0.1) is 4.99 Å². The molecule has 0 amide bonds. The maximum absolute atomic E-state index is 9.77. The Bertz CT molecular complexity index is 284. The smallest absolute Gasteiger partial charge is 0.250 e. The first-order chi connectivity index (χ1) is 5.24. The Morgan fingerprint density at radius 3 is 2.91 bits per heavy atom. The average Bonchev–Trinajstić information content (AvgIpc) is 2.37. The van der Waals surface area contributed by atoms with Crippen molar-refractivity contribution >= 4 is 12.0 Å². The minimum atomic E-state index is 0.212. The molecule has 0 N–H and O–H groups in total. The molecule has 4 nitrogen and oxygen atoms in total. The summed E-state index contributed by atoms with van der Waals surface area (Å²) >= 11 is 0. The summed E-state index contributed by atoms with van der Waals surface area (Å²) in [6.45, 7) is 3.89. The third-order valence-corrected chi connectivity index (χ3v) is 1.16. The molecule has 1 aromatic heterocycles. The largest absolute Gasteiger partial charge is 0.422 e. The van der Waals surface area contributed by atoms with E-state index < -0.39 is 0 Å². The molecule has 1 aromatic rings. The van der Waals surface area contributed by atoms with Crippen LogP contribution in [-0.2, 0) is 4.79 Å². The average molecular weight is 152 g/mol. The summed E-state index contributed by atoms with van der Waals surface area (Å²) in [6, 6.07) is 0. The fourth-order valence-corrected chi connectivity index (χ4v) is 0.642. The molecule has 0 bridgehead atoms. The summed E-state index contributed by atoms with van der Waals surface area (Å²) in [5.74, 6) is 1.01. The molecule has 1 rings (SSSR count). The second-order valence-corrected chi connectivity index (χ2v) is 2.39. The Hall–Kier alpha value is -1.41. The van der Waals surface area contributed by atoms with Crippen molar-refractivity contribution in [3.05, 3.63) is 12.1 Å². The zero-order valence-corrected chi connectivity index (χ0v) is 6.37. The fraction of sp³-hybridized carbons (Fsp3) is 0.429. The molecule has 0 aliphatic rings. The summed E-state index contributed by atoms with van der Waals surface area (Å²) < 4.78 is 5.05. The maximum Gasteiger partial charge on any atom is 0.250 e. The maximum atomic E-state index is 9.77. The van der Waals surface area contributed by atoms with Crippen molar-refractivity contribution in [2.24, 2.45) is 4.99 Å². The van der Waals surface area contributed by atoms with Crippen molar-refractivity contribution in [3.8, 4) is 0 Å². The van der Waals surface area contributed by atoms with Crippen LogP contribution in [0.15, 0.2) is 15.6 Å². The van der Waals surface area contributed by atoms with Gasteiger partial charge in [0.05, 0.1) is 6.20 Å². The molecule has 0 unspecified atom stereocenters. The zero-order valence-electron chi connectivity index (χ0n) is 6.37. The monoisotopic (exact) mass is 152 g/mol. The fourth-order valence-electron chi connectivity index (χ4n) is 0.642. The second kappa shape index (κ2) is 3.12. The van der Waals surface area contributed by atoms with Crippen molar-refractivity contribution in [3.63, 3.8) is 0 Å². The summed E-state index contributed by atoms with van der Waals surface area (Å²) in [7, 11) is 0. The van der Waals surface area contributed by atoms with Crippen LogP contribution < -0.4 is 0 Å². The van der Waals surface area contributed by atoms with E-state index in [1.807, 2.05) is 13.8 Å². The number of nitrogens with zero attached hydrogens (tertiary/aromatic N) is 2. The lowest BCUT2D eigenvalue weighted by atomic mass is 10.2. The van der Waals surface area contributed by atoms with Crippen molar-refractivity contribution < 1.29 is 9.21 Å². The molecule has 0 radical (unpaired) electrons. The molecule has 11 heavy (non-hydrogen) atoms. The number of hydrogen-bond donors (Lipinski definition) is 0. The molecule has 0 atom stereocenters. The highest BCUT2D eigenvalue weighted by atomic mass is 16.4. The molecule has 1 heterocycles. The first-order valence-corrected chi connectivity index (χ1v) is 3.27. The van der Waals surface area contributed by atoms with Crippen LogP contribution >= 0.6 is 0 Å². The molecule has 0 saturated heterocycles. The third-order valence-electron chi connectivity index (χ3n) is 1.16. The van der Waals surface area contributed by atoms with Gasteiger partial charge in [-0.3, -0.25) is 0 Å². The van der Waals surface area contributed by atoms with E-state index in [9.17, 15) is 4.79 Å². The van der Waals surface area contributed by atoms with E-state index in [1.54, 1.807) is 0 Å². The molecule has 58 valence electrons. The van der Waals surface area contributed by atoms with Gasteiger partial charge < -0.3 is 4.42 Å². The van der Waals surface area contributed by atoms with Crippen LogP contribution in [0.3, 0.4) is 0 Å². The van der Waals surface area contributed by atoms with Gasteiger partial charge in [-0.1, -0.05) is 13.8 Å². The Morgan fingerprint density at radius 2 is 2.45 bits per heavy atom. The van der Waals surface area contributed by atoms with Crippen molar-refractivity contribution in [1.82, 2.24) is 4.98 Å². The number of aromatic nitrogens is 1. The van der Waals surface area contributed by atoms with Crippen LogP contribution in [0.1, 0.15) is 25.7 Å². The van der Waals surface area contributed by atoms with Crippen LogP contribution in [0.2, 0.25) is 0 Å². The third kappa shape index (κ3) is 1.75. The number of carbonyl (C=O) groups excluding carboxylic acids is 1. The van der Waals surface area contributed by atoms with E-state index in [0.717, 1.165) is 0 Å². The van der Waals surface area contributed by atoms with Crippen LogP contribution in [-0.4, -0.2) is 11.1 Å². The van der Waals surface area contributed by atoms with Crippen molar-refractivity contribution in [2.45, 2.75) is 19.8 Å². The number of rotatable bonds is 2. The number of aliphatic imine (C=N–C) groups is 1. The molecular weight excluding hydrogens is 144 g/mol. The Labute approximate surface area is 64.0 Å². The summed E-state index contributed by atoms with van der Waals surface area (Å²) in [5, 5.41) is 0. The van der Waals surface area contributed by atoms with Gasteiger partial charge in [-0.2, -0.15) is 0 Å². The van der Waals surface area contributed by atoms with Crippen molar-refractivity contribution in [1.29, 1.82) is 0 Å². The highest BCUT2D eigenvalue weighted by Gasteiger charge is 2.05. The van der Waals surface area contributed by atoms with E-state index in [-0.39, 0.29) is 11.8 Å². The summed E-state index contributed by atoms with van der Waals surface area (Å²) in [5.41, 5.74) is 0. The van der Waals surface area contributed by atoms with Gasteiger partial charge in [0.15, 0.2) is 5.89 Å². The first kappa shape index (κ1) is 7.69. The van der Waals surface area contributed by atoms with Gasteiger partial charge >= 0.3 is 0 Å². The molecule has 0 saturated carbocycles. The highest BCUT2D eigenvalue weighted by Crippen LogP contribution is 2.18. The zero-order chi connectivity index (χ0) is 8.27. The van der Waals surface area contributed by atoms with E-state index in [0.29, 0.717) is 5.89 Å². The lowest BCUT2D eigenvalue weighted by Crippen LogP contribution is -1.83. The Morgan fingerprint density at radius 1 is 1.73 bits per heavy atom. The molecule has 4 heteroatoms. The van der Waals surface area contributed by atoms with Gasteiger partial charge in [-0.05, 0) is 0 Å². The molecule has 0 fully saturated rings. The number of isocyanates is 1. The normalized spacial score (nSPS) is 9.73. The quantitative estimate of drug-likeness (QED) is 0.479. The lowest BCUT2D eigenvalue weighted by molar-refractivity contribution is 0.478. The van der Waals surface area contributed by atoms with Gasteiger partial charge in [0.1, 0.15) is 0 Å². The SMILES string of the molecule is CC(C)c1ncc(N=C=O)o1. The highest BCUT2D eigenvalue weighted by molar-refractivity contribution is 5.41. The van der Waals surface area contributed by atoms with E-state index in [1.165, 1.54) is 12.3 Å². The molecule has 0 aliphatic carbocycles. The minimum absolute atomic E-state index is 0.212. The predicted molar refractivity (Wildman–Crippen MR) is 38.4 cm³/mol. The van der Waals surface area contributed by atoms with Crippen molar-refractivity contribution in [2.75, 3.05) is 0 Å². The molecular formula is C7H8N2O2. The Balaban J connectivity index is 2.90. The molecule has 0 spiro atoms. The number of hydrogen-bond acceptors (Lipinski definition) is 4. The summed E-state index contributed by atoms with van der Waals surface area (Å²) in [4.78, 5) is 16.9. The van der Waals surface area contributed by atoms with Crippen LogP contribution in [0.5, 0.6) is 0 Å². The summed E-state index contributed by atoms with van der Waals surface area (Å²) in [6.07, 6.45) is 2.78. The van der Waals surface area contributed by atoms with Crippen LogP contribution in [0.25, 0.3) is 0 Å². The van der Waals surface area contributed by atoms with E-state index in [2.05, 4.69) is 9.98 Å². The van der Waals surface area contributed by atoms with Gasteiger partial charge in [0, 0.05) is 5.92 Å². The first-order valence-electron chi connectivity index (χ1n) is 3.27. The van der Waals surface area contributed by atoms with Gasteiger partial charge in [0.2, 0.25) is 12.0 Å². The Kier molecular flexibility index (Phi) is 2.18. The van der Waals surface area contributed by atoms with Crippen LogP contribution in [0.4, 0.5) is 5.88 Å². The number of oxazole rings is 1. The topological polar surface area (TPSA) is 55.5 Å². The van der Waals surface area contributed by atoms with Gasteiger partial charge in [0.25, 0.3) is 0 Å². The standard InChI is InChI=1S/C7H8N2O2/c1-5(2)7-8-3-6(11-7)9-4-10/h3,5H,1-2H3. The molecule has 0 aliphatic heterocycles. The second-order valence-electron chi connectivity index (χ2n) is 2.39. The van der Waals surface area contributed by atoms with E-state index in [4.69, 9.17) is 4.42 Å².